The maximum absolute atomic E-state index is 14.7. The maximum Gasteiger partial charge on any atom is 0.398 e. The molecule has 0 unspecified atom stereocenters. The Morgan fingerprint density at radius 2 is 1.61 bits per heavy atom. The standard InChI is InChI=1S/C25H21F5N4O4/c26-17-9-16(10-18(27)20(17)34-8-5-19(35)32-23(34)38)33-11-15(12-33)31-22(37)21(36)13-1-3-14(4-2-13)24(6-7-24)25(28,29)30/h1-4,9-10,15H,5-8,11-12H2,(H,31,37)(H,32,35,38). The van der Waals surface area contributed by atoms with Crippen molar-refractivity contribution in [1.29, 1.82) is 0 Å². The summed E-state index contributed by atoms with van der Waals surface area (Å²) in [6.45, 7) is 0.113. The first-order valence-electron chi connectivity index (χ1n) is 11.8. The highest BCUT2D eigenvalue weighted by molar-refractivity contribution is 6.42. The van der Waals surface area contributed by atoms with Crippen LogP contribution in [0.2, 0.25) is 0 Å². The Morgan fingerprint density at radius 3 is 2.13 bits per heavy atom. The minimum atomic E-state index is -4.39. The normalized spacial score (nSPS) is 19.1. The number of nitrogens with one attached hydrogen (secondary N) is 2. The largest absolute Gasteiger partial charge is 0.398 e. The van der Waals surface area contributed by atoms with Crippen molar-refractivity contribution >= 4 is 35.0 Å². The molecule has 2 aromatic carbocycles. The van der Waals surface area contributed by atoms with Crippen LogP contribution in [0.4, 0.5) is 38.1 Å². The van der Waals surface area contributed by atoms with Gasteiger partial charge in [0.2, 0.25) is 11.7 Å². The number of Topliss-reactive ketones (excluding diaryl/α,β-unsaturated/α-hetero) is 1. The van der Waals surface area contributed by atoms with E-state index in [1.54, 1.807) is 4.90 Å². The van der Waals surface area contributed by atoms with Crippen LogP contribution in [0.1, 0.15) is 35.2 Å². The summed E-state index contributed by atoms with van der Waals surface area (Å²) < 4.78 is 69.3. The number of amides is 4. The molecular weight excluding hydrogens is 515 g/mol. The van der Waals surface area contributed by atoms with Crippen molar-refractivity contribution in [2.45, 2.75) is 36.9 Å². The van der Waals surface area contributed by atoms with E-state index in [0.717, 1.165) is 17.0 Å². The summed E-state index contributed by atoms with van der Waals surface area (Å²) in [5.41, 5.74) is -2.31. The molecule has 200 valence electrons. The highest BCUT2D eigenvalue weighted by Gasteiger charge is 2.64. The third-order valence-corrected chi connectivity index (χ3v) is 7.11. The van der Waals surface area contributed by atoms with Crippen LogP contribution >= 0.6 is 0 Å². The zero-order chi connectivity index (χ0) is 27.4. The third kappa shape index (κ3) is 4.45. The van der Waals surface area contributed by atoms with E-state index in [1.807, 2.05) is 5.32 Å². The van der Waals surface area contributed by atoms with E-state index < -0.39 is 58.6 Å². The summed E-state index contributed by atoms with van der Waals surface area (Å²) in [7, 11) is 0. The quantitative estimate of drug-likeness (QED) is 0.336. The molecule has 38 heavy (non-hydrogen) atoms. The molecule has 2 N–H and O–H groups in total. The number of imide groups is 1. The number of rotatable bonds is 6. The summed E-state index contributed by atoms with van der Waals surface area (Å²) in [6.07, 6.45) is -4.53. The van der Waals surface area contributed by atoms with Crippen LogP contribution in [0.3, 0.4) is 0 Å². The molecule has 2 heterocycles. The first kappa shape index (κ1) is 25.6. The lowest BCUT2D eigenvalue weighted by Gasteiger charge is -2.41. The Kier molecular flexibility index (Phi) is 6.11. The van der Waals surface area contributed by atoms with Crippen LogP contribution in [0.15, 0.2) is 36.4 Å². The number of nitrogens with zero attached hydrogens (tertiary/aromatic N) is 2. The highest BCUT2D eigenvalue weighted by atomic mass is 19.4. The van der Waals surface area contributed by atoms with Gasteiger partial charge in [-0.15, -0.1) is 0 Å². The van der Waals surface area contributed by atoms with Crippen molar-refractivity contribution in [1.82, 2.24) is 10.6 Å². The van der Waals surface area contributed by atoms with Crippen LogP contribution in [-0.4, -0.2) is 55.5 Å². The van der Waals surface area contributed by atoms with Gasteiger partial charge in [-0.1, -0.05) is 24.3 Å². The van der Waals surface area contributed by atoms with Crippen molar-refractivity contribution < 1.29 is 41.1 Å². The van der Waals surface area contributed by atoms with Gasteiger partial charge in [-0.3, -0.25) is 24.6 Å². The van der Waals surface area contributed by atoms with E-state index in [2.05, 4.69) is 5.32 Å². The van der Waals surface area contributed by atoms with Gasteiger partial charge in [0.05, 0.1) is 11.5 Å². The molecular formula is C25H21F5N4O4. The molecule has 1 saturated carbocycles. The lowest BCUT2D eigenvalue weighted by molar-refractivity contribution is -0.160. The Balaban J connectivity index is 1.18. The zero-order valence-corrected chi connectivity index (χ0v) is 19.7. The topological polar surface area (TPSA) is 98.8 Å². The van der Waals surface area contributed by atoms with E-state index in [4.69, 9.17) is 0 Å². The molecule has 3 fully saturated rings. The molecule has 8 nitrogen and oxygen atoms in total. The highest BCUT2D eigenvalue weighted by Crippen LogP contribution is 2.58. The molecule has 3 aliphatic rings. The van der Waals surface area contributed by atoms with Gasteiger partial charge >= 0.3 is 12.2 Å². The number of halogens is 5. The van der Waals surface area contributed by atoms with Crippen molar-refractivity contribution in [3.05, 3.63) is 59.2 Å². The zero-order valence-electron chi connectivity index (χ0n) is 19.7. The predicted molar refractivity (Wildman–Crippen MR) is 124 cm³/mol. The van der Waals surface area contributed by atoms with Crippen LogP contribution in [-0.2, 0) is 15.0 Å². The lowest BCUT2D eigenvalue weighted by atomic mass is 9.93. The molecule has 0 radical (unpaired) electrons. The molecule has 0 atom stereocenters. The second kappa shape index (κ2) is 9.07. The van der Waals surface area contributed by atoms with Crippen LogP contribution < -0.4 is 20.4 Å². The summed E-state index contributed by atoms with van der Waals surface area (Å²) in [5, 5.41) is 4.50. The molecule has 4 amide bonds. The van der Waals surface area contributed by atoms with Gasteiger partial charge in [0.15, 0.2) is 11.6 Å². The van der Waals surface area contributed by atoms with Gasteiger partial charge in [-0.2, -0.15) is 13.2 Å². The number of hydrogen-bond donors (Lipinski definition) is 2. The van der Waals surface area contributed by atoms with Crippen LogP contribution in [0.25, 0.3) is 0 Å². The number of carbonyl (C=O) groups excluding carboxylic acids is 4. The van der Waals surface area contributed by atoms with E-state index >= 15 is 0 Å². The second-order valence-electron chi connectivity index (χ2n) is 9.57. The van der Waals surface area contributed by atoms with Gasteiger partial charge < -0.3 is 10.2 Å². The first-order valence-corrected chi connectivity index (χ1v) is 11.8. The molecule has 2 saturated heterocycles. The summed E-state index contributed by atoms with van der Waals surface area (Å²) in [5.74, 6) is -4.41. The molecule has 2 aliphatic heterocycles. The van der Waals surface area contributed by atoms with Crippen molar-refractivity contribution in [2.24, 2.45) is 0 Å². The number of ketones is 1. The number of alkyl halides is 3. The lowest BCUT2D eigenvalue weighted by Crippen LogP contribution is -2.60. The maximum atomic E-state index is 14.7. The smallest absolute Gasteiger partial charge is 0.367 e. The average Bonchev–Trinajstić information content (AvgIpc) is 3.64. The van der Waals surface area contributed by atoms with E-state index in [0.29, 0.717) is 0 Å². The fourth-order valence-electron chi connectivity index (χ4n) is 4.73. The number of urea groups is 1. The van der Waals surface area contributed by atoms with Crippen LogP contribution in [0, 0.1) is 11.6 Å². The van der Waals surface area contributed by atoms with Crippen molar-refractivity contribution in [3.63, 3.8) is 0 Å². The molecule has 5 rings (SSSR count). The number of benzene rings is 2. The molecule has 0 aromatic heterocycles. The van der Waals surface area contributed by atoms with Gasteiger partial charge in [0, 0.05) is 37.3 Å². The molecule has 0 bridgehead atoms. The SMILES string of the molecule is O=C1CCN(c2c(F)cc(N3CC(NC(=O)C(=O)c4ccc(C5(C(F)(F)F)CC5)cc4)C3)cc2F)C(=O)N1. The van der Waals surface area contributed by atoms with Gasteiger partial charge in [0.1, 0.15) is 5.69 Å². The van der Waals surface area contributed by atoms with E-state index in [1.165, 1.54) is 24.3 Å². The molecule has 0 spiro atoms. The van der Waals surface area contributed by atoms with Gasteiger partial charge in [0.25, 0.3) is 5.91 Å². The van der Waals surface area contributed by atoms with E-state index in [-0.39, 0.29) is 55.7 Å². The van der Waals surface area contributed by atoms with Crippen molar-refractivity contribution in [3.8, 4) is 0 Å². The fourth-order valence-corrected chi connectivity index (χ4v) is 4.73. The predicted octanol–water partition coefficient (Wildman–Crippen LogP) is 3.19. The number of hydrogen-bond acceptors (Lipinski definition) is 5. The van der Waals surface area contributed by atoms with Gasteiger partial charge in [-0.25, -0.2) is 13.6 Å². The average molecular weight is 536 g/mol. The van der Waals surface area contributed by atoms with Gasteiger partial charge in [-0.05, 0) is 30.5 Å². The van der Waals surface area contributed by atoms with Crippen LogP contribution in [0.5, 0.6) is 0 Å². The third-order valence-electron chi connectivity index (χ3n) is 7.11. The van der Waals surface area contributed by atoms with Crippen molar-refractivity contribution in [2.75, 3.05) is 29.4 Å². The minimum Gasteiger partial charge on any atom is -0.367 e. The molecule has 13 heteroatoms. The van der Waals surface area contributed by atoms with E-state index in [9.17, 15) is 41.1 Å². The monoisotopic (exact) mass is 536 g/mol. The fraction of sp³-hybridized carbons (Fsp3) is 0.360. The second-order valence-corrected chi connectivity index (χ2v) is 9.57. The summed E-state index contributed by atoms with van der Waals surface area (Å²) in [6, 6.07) is 5.44. The summed E-state index contributed by atoms with van der Waals surface area (Å²) in [4.78, 5) is 50.4. The number of anilines is 2. The summed E-state index contributed by atoms with van der Waals surface area (Å²) >= 11 is 0. The molecule has 1 aliphatic carbocycles. The minimum absolute atomic E-state index is 0.0203. The Bertz CT molecular complexity index is 1310. The Labute approximate surface area is 212 Å². The first-order chi connectivity index (χ1) is 17.9. The molecule has 2 aromatic rings. The number of carbonyl (C=O) groups is 4. The Hall–Kier alpha value is -4.03. The Morgan fingerprint density at radius 1 is 1.00 bits per heavy atom.